The third kappa shape index (κ3) is 2.16. The van der Waals surface area contributed by atoms with E-state index in [9.17, 15) is 9.59 Å². The highest BCUT2D eigenvalue weighted by Gasteiger charge is 2.33. The van der Waals surface area contributed by atoms with E-state index in [0.29, 0.717) is 13.1 Å². The van der Waals surface area contributed by atoms with Crippen LogP contribution in [0.5, 0.6) is 0 Å². The highest BCUT2D eigenvalue weighted by molar-refractivity contribution is 5.83. The fourth-order valence-corrected chi connectivity index (χ4v) is 1.69. The molecule has 5 heteroatoms. The molecule has 80 valence electrons. The molecule has 0 radical (unpaired) electrons. The van der Waals surface area contributed by atoms with Crippen molar-refractivity contribution in [2.24, 2.45) is 5.92 Å². The van der Waals surface area contributed by atoms with E-state index in [1.165, 1.54) is 4.90 Å². The molecule has 0 aromatic carbocycles. The number of carbonyl (C=O) groups excluding carboxylic acids is 1. The fourth-order valence-electron chi connectivity index (χ4n) is 1.69. The summed E-state index contributed by atoms with van der Waals surface area (Å²) >= 11 is 0. The number of hydrogen-bond acceptors (Lipinski definition) is 2. The van der Waals surface area contributed by atoms with Crippen molar-refractivity contribution in [3.8, 4) is 0 Å². The van der Waals surface area contributed by atoms with Gasteiger partial charge in [0.2, 0.25) is 0 Å². The van der Waals surface area contributed by atoms with Gasteiger partial charge in [-0.15, -0.1) is 0 Å². The maximum atomic E-state index is 11.4. The molecule has 1 saturated heterocycles. The van der Waals surface area contributed by atoms with E-state index in [4.69, 9.17) is 5.11 Å². The van der Waals surface area contributed by atoms with Crippen molar-refractivity contribution in [1.29, 1.82) is 0 Å². The van der Waals surface area contributed by atoms with Crippen molar-refractivity contribution in [3.63, 3.8) is 0 Å². The predicted molar refractivity (Wildman–Crippen MR) is 51.0 cm³/mol. The summed E-state index contributed by atoms with van der Waals surface area (Å²) in [6.07, 6.45) is 0.808. The number of carbonyl (C=O) groups is 2. The molecule has 1 atom stereocenters. The second kappa shape index (κ2) is 4.30. The molecule has 0 spiro atoms. The van der Waals surface area contributed by atoms with Crippen LogP contribution >= 0.6 is 0 Å². The third-order valence-corrected chi connectivity index (χ3v) is 2.33. The van der Waals surface area contributed by atoms with Crippen molar-refractivity contribution in [3.05, 3.63) is 0 Å². The molecular weight excluding hydrogens is 184 g/mol. The summed E-state index contributed by atoms with van der Waals surface area (Å²) in [4.78, 5) is 23.8. The number of carboxylic acid groups (broad SMARTS) is 1. The van der Waals surface area contributed by atoms with Gasteiger partial charge in [0, 0.05) is 13.1 Å². The lowest BCUT2D eigenvalue weighted by molar-refractivity contribution is -0.144. The standard InChI is InChI=1S/C9H16N2O3/c1-6(2)7(8(12)13)11-5-3-4-10-9(11)14/h6-7H,3-5H2,1-2H3,(H,10,14)(H,12,13). The van der Waals surface area contributed by atoms with Crippen LogP contribution in [0, 0.1) is 5.92 Å². The topological polar surface area (TPSA) is 69.6 Å². The number of nitrogens with one attached hydrogen (secondary N) is 1. The number of rotatable bonds is 3. The first-order valence-corrected chi connectivity index (χ1v) is 4.81. The van der Waals surface area contributed by atoms with E-state index in [0.717, 1.165) is 6.42 Å². The lowest BCUT2D eigenvalue weighted by Gasteiger charge is -2.34. The minimum atomic E-state index is -0.933. The Morgan fingerprint density at radius 1 is 1.57 bits per heavy atom. The van der Waals surface area contributed by atoms with Gasteiger partial charge in [0.1, 0.15) is 6.04 Å². The Balaban J connectivity index is 2.75. The zero-order valence-electron chi connectivity index (χ0n) is 8.49. The summed E-state index contributed by atoms with van der Waals surface area (Å²) < 4.78 is 0. The highest BCUT2D eigenvalue weighted by Crippen LogP contribution is 2.13. The molecule has 1 aliphatic heterocycles. The molecule has 1 aliphatic rings. The normalized spacial score (nSPS) is 19.4. The number of aliphatic carboxylic acids is 1. The van der Waals surface area contributed by atoms with Crippen molar-refractivity contribution in [2.75, 3.05) is 13.1 Å². The van der Waals surface area contributed by atoms with Gasteiger partial charge < -0.3 is 15.3 Å². The summed E-state index contributed by atoms with van der Waals surface area (Å²) in [7, 11) is 0. The summed E-state index contributed by atoms with van der Waals surface area (Å²) in [6.45, 7) is 4.78. The van der Waals surface area contributed by atoms with Crippen molar-refractivity contribution < 1.29 is 14.7 Å². The average molecular weight is 200 g/mol. The molecule has 0 saturated carbocycles. The van der Waals surface area contributed by atoms with Gasteiger partial charge in [-0.2, -0.15) is 0 Å². The zero-order chi connectivity index (χ0) is 10.7. The number of nitrogens with zero attached hydrogens (tertiary/aromatic N) is 1. The van der Waals surface area contributed by atoms with E-state index in [2.05, 4.69) is 5.32 Å². The number of hydrogen-bond donors (Lipinski definition) is 2. The van der Waals surface area contributed by atoms with Crippen LogP contribution in [0.1, 0.15) is 20.3 Å². The molecule has 0 aromatic heterocycles. The molecule has 2 N–H and O–H groups in total. The first-order chi connectivity index (χ1) is 6.54. The highest BCUT2D eigenvalue weighted by atomic mass is 16.4. The number of amides is 2. The molecule has 1 unspecified atom stereocenters. The second-order valence-electron chi connectivity index (χ2n) is 3.81. The monoisotopic (exact) mass is 200 g/mol. The fraction of sp³-hybridized carbons (Fsp3) is 0.778. The molecule has 1 fully saturated rings. The summed E-state index contributed by atoms with van der Waals surface area (Å²) in [6, 6.07) is -0.979. The predicted octanol–water partition coefficient (Wildman–Crippen LogP) is 0.511. The Labute approximate surface area is 83.1 Å². The number of urea groups is 1. The van der Waals surface area contributed by atoms with E-state index in [-0.39, 0.29) is 11.9 Å². The Morgan fingerprint density at radius 3 is 2.64 bits per heavy atom. The molecule has 14 heavy (non-hydrogen) atoms. The Kier molecular flexibility index (Phi) is 3.33. The first kappa shape index (κ1) is 10.8. The quantitative estimate of drug-likeness (QED) is 0.697. The van der Waals surface area contributed by atoms with Crippen LogP contribution in [0.2, 0.25) is 0 Å². The Bertz CT molecular complexity index is 240. The van der Waals surface area contributed by atoms with Gasteiger partial charge in [-0.1, -0.05) is 13.8 Å². The Morgan fingerprint density at radius 2 is 2.21 bits per heavy atom. The minimum absolute atomic E-state index is 0.0728. The lowest BCUT2D eigenvalue weighted by atomic mass is 10.0. The second-order valence-corrected chi connectivity index (χ2v) is 3.81. The largest absolute Gasteiger partial charge is 0.480 e. The average Bonchev–Trinajstić information content (AvgIpc) is 2.07. The van der Waals surface area contributed by atoms with Gasteiger partial charge in [0.15, 0.2) is 0 Å². The van der Waals surface area contributed by atoms with Crippen LogP contribution in [-0.2, 0) is 4.79 Å². The smallest absolute Gasteiger partial charge is 0.326 e. The molecule has 0 aliphatic carbocycles. The van der Waals surface area contributed by atoms with Crippen molar-refractivity contribution in [2.45, 2.75) is 26.3 Å². The number of carboxylic acids is 1. The van der Waals surface area contributed by atoms with E-state index >= 15 is 0 Å². The van der Waals surface area contributed by atoms with Crippen LogP contribution in [0.15, 0.2) is 0 Å². The van der Waals surface area contributed by atoms with Gasteiger partial charge in [-0.25, -0.2) is 9.59 Å². The first-order valence-electron chi connectivity index (χ1n) is 4.81. The molecule has 2 amide bonds. The zero-order valence-corrected chi connectivity index (χ0v) is 8.49. The molecular formula is C9H16N2O3. The van der Waals surface area contributed by atoms with Crippen LogP contribution < -0.4 is 5.32 Å². The summed E-state index contributed by atoms with van der Waals surface area (Å²) in [5.41, 5.74) is 0. The molecule has 5 nitrogen and oxygen atoms in total. The van der Waals surface area contributed by atoms with Crippen LogP contribution in [0.25, 0.3) is 0 Å². The van der Waals surface area contributed by atoms with Gasteiger partial charge in [0.25, 0.3) is 0 Å². The van der Waals surface area contributed by atoms with E-state index < -0.39 is 12.0 Å². The SMILES string of the molecule is CC(C)C(C(=O)O)N1CCCNC1=O. The Hall–Kier alpha value is -1.26. The maximum Gasteiger partial charge on any atom is 0.326 e. The summed E-state index contributed by atoms with van der Waals surface area (Å²) in [5, 5.41) is 11.6. The maximum absolute atomic E-state index is 11.4. The van der Waals surface area contributed by atoms with E-state index in [1.54, 1.807) is 13.8 Å². The van der Waals surface area contributed by atoms with Gasteiger partial charge in [0.05, 0.1) is 0 Å². The van der Waals surface area contributed by atoms with E-state index in [1.807, 2.05) is 0 Å². The van der Waals surface area contributed by atoms with Crippen LogP contribution in [-0.4, -0.2) is 41.1 Å². The molecule has 1 heterocycles. The van der Waals surface area contributed by atoms with Crippen molar-refractivity contribution in [1.82, 2.24) is 10.2 Å². The van der Waals surface area contributed by atoms with Gasteiger partial charge in [-0.3, -0.25) is 0 Å². The van der Waals surface area contributed by atoms with Gasteiger partial charge >= 0.3 is 12.0 Å². The van der Waals surface area contributed by atoms with Crippen LogP contribution in [0.4, 0.5) is 4.79 Å². The molecule has 1 rings (SSSR count). The lowest BCUT2D eigenvalue weighted by Crippen LogP contribution is -2.55. The summed E-state index contributed by atoms with van der Waals surface area (Å²) in [5.74, 6) is -1.01. The van der Waals surface area contributed by atoms with Gasteiger partial charge in [-0.05, 0) is 12.3 Å². The minimum Gasteiger partial charge on any atom is -0.480 e. The molecule has 0 bridgehead atoms. The van der Waals surface area contributed by atoms with Crippen LogP contribution in [0.3, 0.4) is 0 Å². The third-order valence-electron chi connectivity index (χ3n) is 2.33. The van der Waals surface area contributed by atoms with Crippen molar-refractivity contribution >= 4 is 12.0 Å². The molecule has 0 aromatic rings.